The van der Waals surface area contributed by atoms with E-state index in [1.807, 2.05) is 0 Å². The molecule has 3 N–H and O–H groups in total. The smallest absolute Gasteiger partial charge is 0.220 e. The van der Waals surface area contributed by atoms with Gasteiger partial charge in [0.2, 0.25) is 5.91 Å². The number of carbonyl (C=O) groups is 1. The van der Waals surface area contributed by atoms with Crippen LogP contribution in [-0.4, -0.2) is 18.5 Å². The number of carbonyl (C=O) groups excluding carboxylic acids is 1. The Morgan fingerprint density at radius 2 is 2.06 bits per heavy atom. The number of rotatable bonds is 5. The average Bonchev–Trinajstić information content (AvgIpc) is 2.25. The summed E-state index contributed by atoms with van der Waals surface area (Å²) < 4.78 is 0. The highest BCUT2D eigenvalue weighted by Crippen LogP contribution is 2.26. The monoisotopic (exact) mass is 254 g/mol. The van der Waals surface area contributed by atoms with E-state index in [0.29, 0.717) is 23.8 Å². The molecule has 3 nitrogen and oxygen atoms in total. The van der Waals surface area contributed by atoms with Gasteiger partial charge in [-0.15, -0.1) is 0 Å². The highest BCUT2D eigenvalue weighted by molar-refractivity contribution is 5.75. The lowest BCUT2D eigenvalue weighted by molar-refractivity contribution is -0.121. The van der Waals surface area contributed by atoms with Crippen LogP contribution in [0, 0.1) is 11.3 Å². The summed E-state index contributed by atoms with van der Waals surface area (Å²) in [5.74, 6) is 0.875. The van der Waals surface area contributed by atoms with Gasteiger partial charge in [0.05, 0.1) is 0 Å². The molecule has 0 saturated heterocycles. The second-order valence-corrected chi connectivity index (χ2v) is 6.99. The Kier molecular flexibility index (Phi) is 6.13. The van der Waals surface area contributed by atoms with Crippen molar-refractivity contribution in [3.05, 3.63) is 0 Å². The molecule has 2 unspecified atom stereocenters. The van der Waals surface area contributed by atoms with Crippen molar-refractivity contribution in [2.24, 2.45) is 17.1 Å². The minimum absolute atomic E-state index is 0.207. The lowest BCUT2D eigenvalue weighted by Gasteiger charge is -2.26. The van der Waals surface area contributed by atoms with E-state index in [1.54, 1.807) is 0 Å². The first-order chi connectivity index (χ1) is 8.37. The maximum absolute atomic E-state index is 11.7. The van der Waals surface area contributed by atoms with Crippen molar-refractivity contribution in [3.8, 4) is 0 Å². The molecule has 1 amide bonds. The highest BCUT2D eigenvalue weighted by atomic mass is 16.1. The van der Waals surface area contributed by atoms with Crippen molar-refractivity contribution in [3.63, 3.8) is 0 Å². The van der Waals surface area contributed by atoms with E-state index in [1.165, 1.54) is 12.8 Å². The predicted molar refractivity (Wildman–Crippen MR) is 76.2 cm³/mol. The Morgan fingerprint density at radius 1 is 1.33 bits per heavy atom. The van der Waals surface area contributed by atoms with Gasteiger partial charge in [-0.25, -0.2) is 0 Å². The second-order valence-electron chi connectivity index (χ2n) is 6.99. The van der Waals surface area contributed by atoms with E-state index in [-0.39, 0.29) is 5.91 Å². The van der Waals surface area contributed by atoms with E-state index in [2.05, 4.69) is 26.1 Å². The Hall–Kier alpha value is -0.570. The molecule has 0 aromatic carbocycles. The molecule has 1 fully saturated rings. The van der Waals surface area contributed by atoms with Crippen LogP contribution in [0.15, 0.2) is 0 Å². The summed E-state index contributed by atoms with van der Waals surface area (Å²) >= 11 is 0. The molecule has 1 saturated carbocycles. The van der Waals surface area contributed by atoms with Crippen LogP contribution in [0.25, 0.3) is 0 Å². The minimum atomic E-state index is 0.207. The van der Waals surface area contributed by atoms with Gasteiger partial charge in [-0.2, -0.15) is 0 Å². The predicted octanol–water partition coefficient (Wildman–Crippen LogP) is 2.84. The quantitative estimate of drug-likeness (QED) is 0.792. The SMILES string of the molecule is CC(C)(C)CCNC(=O)CCC1CCCC(N)C1. The van der Waals surface area contributed by atoms with Crippen LogP contribution in [0.3, 0.4) is 0 Å². The first-order valence-corrected chi connectivity index (χ1v) is 7.39. The summed E-state index contributed by atoms with van der Waals surface area (Å²) in [4.78, 5) is 11.7. The molecule has 3 heteroatoms. The van der Waals surface area contributed by atoms with E-state index in [9.17, 15) is 4.79 Å². The Balaban J connectivity index is 2.09. The fraction of sp³-hybridized carbons (Fsp3) is 0.933. The van der Waals surface area contributed by atoms with E-state index in [4.69, 9.17) is 5.73 Å². The third-order valence-electron chi connectivity index (χ3n) is 3.80. The first kappa shape index (κ1) is 15.5. The normalized spacial score (nSPS) is 24.9. The van der Waals surface area contributed by atoms with Crippen molar-refractivity contribution in [1.29, 1.82) is 0 Å². The summed E-state index contributed by atoms with van der Waals surface area (Å²) in [5, 5.41) is 3.02. The van der Waals surface area contributed by atoms with Gasteiger partial charge in [0.1, 0.15) is 0 Å². The van der Waals surface area contributed by atoms with Crippen molar-refractivity contribution in [2.75, 3.05) is 6.54 Å². The average molecular weight is 254 g/mol. The first-order valence-electron chi connectivity index (χ1n) is 7.39. The zero-order valence-corrected chi connectivity index (χ0v) is 12.3. The lowest BCUT2D eigenvalue weighted by Crippen LogP contribution is -2.30. The molecule has 0 heterocycles. The molecule has 1 aliphatic rings. The van der Waals surface area contributed by atoms with Crippen molar-refractivity contribution < 1.29 is 4.79 Å². The van der Waals surface area contributed by atoms with Gasteiger partial charge in [0.25, 0.3) is 0 Å². The second kappa shape index (κ2) is 7.13. The fourth-order valence-electron chi connectivity index (χ4n) is 2.60. The van der Waals surface area contributed by atoms with E-state index < -0.39 is 0 Å². The maximum Gasteiger partial charge on any atom is 0.220 e. The van der Waals surface area contributed by atoms with Crippen molar-refractivity contribution >= 4 is 5.91 Å². The number of hydrogen-bond donors (Lipinski definition) is 2. The largest absolute Gasteiger partial charge is 0.356 e. The maximum atomic E-state index is 11.7. The number of nitrogens with two attached hydrogens (primary N) is 1. The molecule has 2 atom stereocenters. The molecular weight excluding hydrogens is 224 g/mol. The molecule has 0 spiro atoms. The molecular formula is C15H30N2O. The third kappa shape index (κ3) is 7.00. The molecule has 1 aliphatic carbocycles. The fourth-order valence-corrected chi connectivity index (χ4v) is 2.60. The molecule has 0 bridgehead atoms. The van der Waals surface area contributed by atoms with Crippen LogP contribution in [0.2, 0.25) is 0 Å². The topological polar surface area (TPSA) is 55.1 Å². The summed E-state index contributed by atoms with van der Waals surface area (Å²) in [6, 6.07) is 0.368. The number of nitrogens with one attached hydrogen (secondary N) is 1. The number of amides is 1. The Bertz CT molecular complexity index is 258. The van der Waals surface area contributed by atoms with Crippen LogP contribution >= 0.6 is 0 Å². The van der Waals surface area contributed by atoms with Crippen LogP contribution in [0.4, 0.5) is 0 Å². The summed E-state index contributed by atoms with van der Waals surface area (Å²) in [5.41, 5.74) is 6.25. The summed E-state index contributed by atoms with van der Waals surface area (Å²) in [7, 11) is 0. The van der Waals surface area contributed by atoms with E-state index in [0.717, 1.165) is 32.2 Å². The minimum Gasteiger partial charge on any atom is -0.356 e. The molecule has 0 radical (unpaired) electrons. The zero-order chi connectivity index (χ0) is 13.6. The molecule has 106 valence electrons. The van der Waals surface area contributed by atoms with Crippen LogP contribution in [0.1, 0.15) is 65.7 Å². The molecule has 0 aromatic heterocycles. The van der Waals surface area contributed by atoms with Gasteiger partial charge in [-0.3, -0.25) is 4.79 Å². The summed E-state index contributed by atoms with van der Waals surface area (Å²) in [6.45, 7) is 7.39. The third-order valence-corrected chi connectivity index (χ3v) is 3.80. The zero-order valence-electron chi connectivity index (χ0n) is 12.3. The van der Waals surface area contributed by atoms with Crippen molar-refractivity contribution in [1.82, 2.24) is 5.32 Å². The van der Waals surface area contributed by atoms with Gasteiger partial charge < -0.3 is 11.1 Å². The Morgan fingerprint density at radius 3 is 2.67 bits per heavy atom. The van der Waals surface area contributed by atoms with Crippen LogP contribution < -0.4 is 11.1 Å². The summed E-state index contributed by atoms with van der Waals surface area (Å²) in [6.07, 6.45) is 7.47. The van der Waals surface area contributed by atoms with E-state index >= 15 is 0 Å². The van der Waals surface area contributed by atoms with Gasteiger partial charge >= 0.3 is 0 Å². The van der Waals surface area contributed by atoms with Gasteiger partial charge in [0, 0.05) is 19.0 Å². The van der Waals surface area contributed by atoms with Gasteiger partial charge in [-0.1, -0.05) is 33.6 Å². The van der Waals surface area contributed by atoms with Crippen LogP contribution in [0.5, 0.6) is 0 Å². The number of hydrogen-bond acceptors (Lipinski definition) is 2. The van der Waals surface area contributed by atoms with Gasteiger partial charge in [0.15, 0.2) is 0 Å². The molecule has 0 aliphatic heterocycles. The highest BCUT2D eigenvalue weighted by Gasteiger charge is 2.19. The molecule has 18 heavy (non-hydrogen) atoms. The Labute approximate surface area is 112 Å². The standard InChI is InChI=1S/C15H30N2O/c1-15(2,3)9-10-17-14(18)8-7-12-5-4-6-13(16)11-12/h12-13H,4-11,16H2,1-3H3,(H,17,18). The van der Waals surface area contributed by atoms with Gasteiger partial charge in [-0.05, 0) is 37.0 Å². The lowest BCUT2D eigenvalue weighted by atomic mass is 9.83. The van der Waals surface area contributed by atoms with Crippen molar-refractivity contribution in [2.45, 2.75) is 71.8 Å². The molecule has 1 rings (SSSR count). The molecule has 0 aromatic rings. The van der Waals surface area contributed by atoms with Crippen LogP contribution in [-0.2, 0) is 4.79 Å².